The smallest absolute Gasteiger partial charge is 0.0123 e. The topological polar surface area (TPSA) is 0 Å². The SMILES string of the molecule is Cc1ccc(C)c(C(C)CC(C)Br)c1. The fourth-order valence-electron chi connectivity index (χ4n) is 1.90. The first kappa shape index (κ1) is 11.8. The standard InChI is InChI=1S/C13H19Br/c1-9-5-6-10(2)13(7-9)11(3)8-12(4)14/h5-7,11-12H,8H2,1-4H3. The molecule has 0 spiro atoms. The van der Waals surface area contributed by atoms with Gasteiger partial charge in [-0.15, -0.1) is 0 Å². The minimum atomic E-state index is 0.595. The van der Waals surface area contributed by atoms with Gasteiger partial charge in [0.2, 0.25) is 0 Å². The fourth-order valence-corrected chi connectivity index (χ4v) is 2.47. The lowest BCUT2D eigenvalue weighted by Crippen LogP contribution is -2.02. The molecule has 0 radical (unpaired) electrons. The highest BCUT2D eigenvalue weighted by atomic mass is 79.9. The van der Waals surface area contributed by atoms with Crippen molar-refractivity contribution in [2.24, 2.45) is 0 Å². The lowest BCUT2D eigenvalue weighted by molar-refractivity contribution is 0.677. The van der Waals surface area contributed by atoms with Crippen molar-refractivity contribution in [3.8, 4) is 0 Å². The van der Waals surface area contributed by atoms with E-state index in [1.165, 1.54) is 23.1 Å². The van der Waals surface area contributed by atoms with Crippen LogP contribution in [0, 0.1) is 13.8 Å². The van der Waals surface area contributed by atoms with Crippen molar-refractivity contribution < 1.29 is 0 Å². The quantitative estimate of drug-likeness (QED) is 0.693. The first-order valence-corrected chi connectivity index (χ1v) is 6.13. The molecular weight excluding hydrogens is 236 g/mol. The van der Waals surface area contributed by atoms with E-state index >= 15 is 0 Å². The molecule has 0 aromatic heterocycles. The third kappa shape index (κ3) is 3.13. The summed E-state index contributed by atoms with van der Waals surface area (Å²) in [5, 5.41) is 0. The van der Waals surface area contributed by atoms with Crippen LogP contribution in [0.3, 0.4) is 0 Å². The highest BCUT2D eigenvalue weighted by molar-refractivity contribution is 9.09. The highest BCUT2D eigenvalue weighted by Gasteiger charge is 2.10. The summed E-state index contributed by atoms with van der Waals surface area (Å²) >= 11 is 3.62. The van der Waals surface area contributed by atoms with E-state index < -0.39 is 0 Å². The molecule has 0 nitrogen and oxygen atoms in total. The molecule has 1 rings (SSSR count). The fraction of sp³-hybridized carbons (Fsp3) is 0.538. The monoisotopic (exact) mass is 254 g/mol. The number of alkyl halides is 1. The molecule has 1 aromatic rings. The summed E-state index contributed by atoms with van der Waals surface area (Å²) in [6, 6.07) is 6.72. The van der Waals surface area contributed by atoms with Crippen LogP contribution >= 0.6 is 15.9 Å². The third-order valence-corrected chi connectivity index (χ3v) is 3.02. The zero-order chi connectivity index (χ0) is 10.7. The second-order valence-electron chi connectivity index (χ2n) is 4.28. The highest BCUT2D eigenvalue weighted by Crippen LogP contribution is 2.26. The predicted molar refractivity (Wildman–Crippen MR) is 67.3 cm³/mol. The molecule has 0 aliphatic rings. The van der Waals surface area contributed by atoms with Crippen LogP contribution in [0.25, 0.3) is 0 Å². The second kappa shape index (κ2) is 4.97. The zero-order valence-electron chi connectivity index (χ0n) is 9.47. The predicted octanol–water partition coefficient (Wildman–Crippen LogP) is 4.58. The number of halogens is 1. The molecule has 0 saturated carbocycles. The van der Waals surface area contributed by atoms with Gasteiger partial charge in [0.25, 0.3) is 0 Å². The Morgan fingerprint density at radius 2 is 1.86 bits per heavy atom. The first-order valence-electron chi connectivity index (χ1n) is 5.22. The Hall–Kier alpha value is -0.300. The largest absolute Gasteiger partial charge is 0.0893 e. The molecule has 0 N–H and O–H groups in total. The molecule has 1 aromatic carbocycles. The Bertz CT molecular complexity index is 302. The summed E-state index contributed by atoms with van der Waals surface area (Å²) < 4.78 is 0. The van der Waals surface area contributed by atoms with Crippen molar-refractivity contribution >= 4 is 15.9 Å². The van der Waals surface area contributed by atoms with Gasteiger partial charge in [-0.3, -0.25) is 0 Å². The molecule has 0 bridgehead atoms. The van der Waals surface area contributed by atoms with Gasteiger partial charge < -0.3 is 0 Å². The first-order chi connectivity index (χ1) is 6.50. The molecule has 78 valence electrons. The van der Waals surface area contributed by atoms with Crippen molar-refractivity contribution in [3.05, 3.63) is 34.9 Å². The van der Waals surface area contributed by atoms with Crippen LogP contribution in [0.4, 0.5) is 0 Å². The van der Waals surface area contributed by atoms with E-state index in [9.17, 15) is 0 Å². The van der Waals surface area contributed by atoms with Gasteiger partial charge in [0.1, 0.15) is 0 Å². The van der Waals surface area contributed by atoms with Gasteiger partial charge in [-0.25, -0.2) is 0 Å². The van der Waals surface area contributed by atoms with E-state index in [1.807, 2.05) is 0 Å². The van der Waals surface area contributed by atoms with Crippen LogP contribution in [-0.2, 0) is 0 Å². The molecule has 1 heteroatoms. The number of hydrogen-bond donors (Lipinski definition) is 0. The Kier molecular flexibility index (Phi) is 4.18. The number of rotatable bonds is 3. The van der Waals surface area contributed by atoms with Gasteiger partial charge in [-0.1, -0.05) is 53.5 Å². The van der Waals surface area contributed by atoms with Crippen LogP contribution < -0.4 is 0 Å². The Labute approximate surface area is 95.9 Å². The normalized spacial score (nSPS) is 15.2. The van der Waals surface area contributed by atoms with E-state index in [4.69, 9.17) is 0 Å². The van der Waals surface area contributed by atoms with Crippen molar-refractivity contribution in [2.45, 2.75) is 44.9 Å². The molecule has 0 aliphatic carbocycles. The Balaban J connectivity index is 2.88. The zero-order valence-corrected chi connectivity index (χ0v) is 11.1. The van der Waals surface area contributed by atoms with E-state index in [-0.39, 0.29) is 0 Å². The summed E-state index contributed by atoms with van der Waals surface area (Å²) in [5.74, 6) is 0.643. The van der Waals surface area contributed by atoms with Gasteiger partial charge in [-0.05, 0) is 37.3 Å². The van der Waals surface area contributed by atoms with Crippen LogP contribution in [-0.4, -0.2) is 4.83 Å². The van der Waals surface area contributed by atoms with Crippen molar-refractivity contribution in [2.75, 3.05) is 0 Å². The van der Waals surface area contributed by atoms with E-state index in [2.05, 4.69) is 61.8 Å². The molecule has 2 atom stereocenters. The van der Waals surface area contributed by atoms with Crippen molar-refractivity contribution in [1.82, 2.24) is 0 Å². The summed E-state index contributed by atoms with van der Waals surface area (Å²) in [6.07, 6.45) is 1.20. The Morgan fingerprint density at radius 3 is 2.43 bits per heavy atom. The molecule has 2 unspecified atom stereocenters. The van der Waals surface area contributed by atoms with Gasteiger partial charge >= 0.3 is 0 Å². The van der Waals surface area contributed by atoms with Crippen LogP contribution in [0.1, 0.15) is 42.9 Å². The summed E-state index contributed by atoms with van der Waals surface area (Å²) in [7, 11) is 0. The molecule has 0 aliphatic heterocycles. The maximum atomic E-state index is 3.62. The third-order valence-electron chi connectivity index (χ3n) is 2.64. The number of hydrogen-bond acceptors (Lipinski definition) is 0. The van der Waals surface area contributed by atoms with Gasteiger partial charge in [-0.2, -0.15) is 0 Å². The average Bonchev–Trinajstić information content (AvgIpc) is 2.08. The van der Waals surface area contributed by atoms with Crippen LogP contribution in [0.2, 0.25) is 0 Å². The number of benzene rings is 1. The molecule has 0 saturated heterocycles. The van der Waals surface area contributed by atoms with Gasteiger partial charge in [0, 0.05) is 4.83 Å². The summed E-state index contributed by atoms with van der Waals surface area (Å²) in [6.45, 7) is 8.87. The van der Waals surface area contributed by atoms with Crippen LogP contribution in [0.15, 0.2) is 18.2 Å². The molecule has 0 fully saturated rings. The van der Waals surface area contributed by atoms with Crippen molar-refractivity contribution in [1.29, 1.82) is 0 Å². The molecule has 14 heavy (non-hydrogen) atoms. The van der Waals surface area contributed by atoms with Crippen molar-refractivity contribution in [3.63, 3.8) is 0 Å². The Morgan fingerprint density at radius 1 is 1.21 bits per heavy atom. The minimum absolute atomic E-state index is 0.595. The van der Waals surface area contributed by atoms with E-state index in [0.29, 0.717) is 10.7 Å². The summed E-state index contributed by atoms with van der Waals surface area (Å²) in [4.78, 5) is 0.595. The molecular formula is C13H19Br. The lowest BCUT2D eigenvalue weighted by Gasteiger charge is -2.16. The second-order valence-corrected chi connectivity index (χ2v) is 5.84. The maximum Gasteiger partial charge on any atom is 0.0123 e. The van der Waals surface area contributed by atoms with E-state index in [0.717, 1.165) is 0 Å². The molecule has 0 amide bonds. The maximum absolute atomic E-state index is 3.62. The van der Waals surface area contributed by atoms with Crippen LogP contribution in [0.5, 0.6) is 0 Å². The average molecular weight is 255 g/mol. The summed E-state index contributed by atoms with van der Waals surface area (Å²) in [5.41, 5.74) is 4.27. The number of aryl methyl sites for hydroxylation is 2. The van der Waals surface area contributed by atoms with Gasteiger partial charge in [0.05, 0.1) is 0 Å². The molecule has 0 heterocycles. The minimum Gasteiger partial charge on any atom is -0.0893 e. The van der Waals surface area contributed by atoms with E-state index in [1.54, 1.807) is 0 Å². The van der Waals surface area contributed by atoms with Gasteiger partial charge in [0.15, 0.2) is 0 Å². The lowest BCUT2D eigenvalue weighted by atomic mass is 9.91.